The number of carbonyl (C=O) groups is 1. The van der Waals surface area contributed by atoms with Gasteiger partial charge >= 0.3 is 0 Å². The van der Waals surface area contributed by atoms with Gasteiger partial charge in [-0.3, -0.25) is 4.79 Å². The maximum absolute atomic E-state index is 12.3. The number of fused-ring (bicyclic) bond motifs is 1. The molecule has 0 aliphatic rings. The van der Waals surface area contributed by atoms with E-state index in [0.29, 0.717) is 29.8 Å². The van der Waals surface area contributed by atoms with E-state index >= 15 is 0 Å². The number of aliphatic hydroxyl groups excluding tert-OH is 1. The largest absolute Gasteiger partial charge is 0.496 e. The van der Waals surface area contributed by atoms with E-state index in [1.165, 1.54) is 16.5 Å². The Morgan fingerprint density at radius 2 is 2.00 bits per heavy atom. The van der Waals surface area contributed by atoms with Crippen LogP contribution in [0.25, 0.3) is 10.9 Å². The molecule has 2 aromatic carbocycles. The number of aliphatic hydroxyl groups is 1. The van der Waals surface area contributed by atoms with E-state index in [-0.39, 0.29) is 12.5 Å². The van der Waals surface area contributed by atoms with Gasteiger partial charge in [-0.05, 0) is 36.2 Å². The van der Waals surface area contributed by atoms with Crippen molar-refractivity contribution in [3.63, 3.8) is 0 Å². The van der Waals surface area contributed by atoms with Crippen LogP contribution in [0.4, 0.5) is 5.69 Å². The predicted octanol–water partition coefficient (Wildman–Crippen LogP) is 3.25. The van der Waals surface area contributed by atoms with Gasteiger partial charge in [0.25, 0.3) is 0 Å². The van der Waals surface area contributed by atoms with Crippen molar-refractivity contribution in [3.8, 4) is 5.75 Å². The van der Waals surface area contributed by atoms with Crippen molar-refractivity contribution < 1.29 is 14.6 Å². The molecule has 0 aliphatic carbocycles. The number of nitrogens with zero attached hydrogens (tertiary/aromatic N) is 1. The lowest BCUT2D eigenvalue weighted by Gasteiger charge is -2.10. The van der Waals surface area contributed by atoms with Gasteiger partial charge < -0.3 is 19.7 Å². The molecule has 0 bridgehead atoms. The van der Waals surface area contributed by atoms with Crippen LogP contribution in [-0.4, -0.2) is 22.7 Å². The number of hydrogen-bond acceptors (Lipinski definition) is 3. The van der Waals surface area contributed by atoms with Gasteiger partial charge in [0.1, 0.15) is 5.75 Å². The molecule has 0 atom stereocenters. The van der Waals surface area contributed by atoms with Crippen LogP contribution in [0, 0.1) is 0 Å². The van der Waals surface area contributed by atoms with Crippen molar-refractivity contribution in [1.82, 2.24) is 4.57 Å². The van der Waals surface area contributed by atoms with Crippen LogP contribution in [0.5, 0.6) is 5.75 Å². The summed E-state index contributed by atoms with van der Waals surface area (Å²) in [5.74, 6) is 0.554. The summed E-state index contributed by atoms with van der Waals surface area (Å²) in [7, 11) is 3.57. The second kappa shape index (κ2) is 7.40. The summed E-state index contributed by atoms with van der Waals surface area (Å²) < 4.78 is 7.25. The molecule has 1 amide bonds. The molecule has 5 nitrogen and oxygen atoms in total. The number of carbonyl (C=O) groups excluding carboxylic acids is 1. The number of aromatic nitrogens is 1. The fourth-order valence-electron chi connectivity index (χ4n) is 3.08. The zero-order chi connectivity index (χ0) is 17.8. The molecule has 3 aromatic rings. The number of para-hydroxylation sites is 1. The quantitative estimate of drug-likeness (QED) is 0.725. The Morgan fingerprint density at radius 1 is 1.20 bits per heavy atom. The molecule has 0 spiro atoms. The van der Waals surface area contributed by atoms with Crippen LogP contribution in [-0.2, 0) is 24.9 Å². The Hall–Kier alpha value is -2.79. The predicted molar refractivity (Wildman–Crippen MR) is 98.8 cm³/mol. The number of nitrogens with one attached hydrogen (secondary N) is 1. The first-order chi connectivity index (χ1) is 12.1. The third-order valence-corrected chi connectivity index (χ3v) is 4.34. The Labute approximate surface area is 146 Å². The molecular formula is C20H22N2O3. The average Bonchev–Trinajstić information content (AvgIpc) is 2.96. The third-order valence-electron chi connectivity index (χ3n) is 4.34. The average molecular weight is 338 g/mol. The molecule has 130 valence electrons. The van der Waals surface area contributed by atoms with Crippen LogP contribution in [0.3, 0.4) is 0 Å². The molecule has 3 rings (SSSR count). The van der Waals surface area contributed by atoms with Crippen LogP contribution < -0.4 is 10.1 Å². The highest BCUT2D eigenvalue weighted by Gasteiger charge is 2.10. The molecule has 0 radical (unpaired) electrons. The third kappa shape index (κ3) is 3.67. The SMILES string of the molecule is COc1ccc(NC(=O)CCc2cn(C)c3ccccc23)cc1CO. The van der Waals surface area contributed by atoms with Gasteiger partial charge in [0.15, 0.2) is 0 Å². The Bertz CT molecular complexity index is 899. The second-order valence-electron chi connectivity index (χ2n) is 6.02. The van der Waals surface area contributed by atoms with Gasteiger partial charge in [0.2, 0.25) is 5.91 Å². The molecule has 25 heavy (non-hydrogen) atoms. The number of benzene rings is 2. The maximum Gasteiger partial charge on any atom is 0.224 e. The first-order valence-electron chi connectivity index (χ1n) is 8.23. The first-order valence-corrected chi connectivity index (χ1v) is 8.23. The van der Waals surface area contributed by atoms with Gasteiger partial charge in [-0.15, -0.1) is 0 Å². The minimum absolute atomic E-state index is 0.0537. The van der Waals surface area contributed by atoms with Crippen molar-refractivity contribution in [2.24, 2.45) is 7.05 Å². The number of aryl methyl sites for hydroxylation is 2. The molecule has 0 aliphatic heterocycles. The number of ether oxygens (including phenoxy) is 1. The normalized spacial score (nSPS) is 10.8. The van der Waals surface area contributed by atoms with Gasteiger partial charge in [0, 0.05) is 41.8 Å². The van der Waals surface area contributed by atoms with E-state index in [0.717, 1.165) is 0 Å². The number of methoxy groups -OCH3 is 1. The fourth-order valence-corrected chi connectivity index (χ4v) is 3.08. The highest BCUT2D eigenvalue weighted by Crippen LogP contribution is 2.24. The number of anilines is 1. The van der Waals surface area contributed by atoms with Gasteiger partial charge in [0.05, 0.1) is 13.7 Å². The zero-order valence-corrected chi connectivity index (χ0v) is 14.5. The van der Waals surface area contributed by atoms with Crippen LogP contribution in [0.2, 0.25) is 0 Å². The maximum atomic E-state index is 12.3. The molecule has 0 saturated heterocycles. The number of hydrogen-bond donors (Lipinski definition) is 2. The molecular weight excluding hydrogens is 316 g/mol. The lowest BCUT2D eigenvalue weighted by atomic mass is 10.1. The summed E-state index contributed by atoms with van der Waals surface area (Å²) in [5, 5.41) is 13.4. The summed E-state index contributed by atoms with van der Waals surface area (Å²) >= 11 is 0. The summed E-state index contributed by atoms with van der Waals surface area (Å²) in [6.07, 6.45) is 3.15. The molecule has 1 aromatic heterocycles. The van der Waals surface area contributed by atoms with E-state index in [9.17, 15) is 9.90 Å². The number of amides is 1. The van der Waals surface area contributed by atoms with Crippen LogP contribution >= 0.6 is 0 Å². The van der Waals surface area contributed by atoms with Crippen molar-refractivity contribution >= 4 is 22.5 Å². The second-order valence-corrected chi connectivity index (χ2v) is 6.02. The van der Waals surface area contributed by atoms with Gasteiger partial charge in [-0.2, -0.15) is 0 Å². The van der Waals surface area contributed by atoms with E-state index in [1.54, 1.807) is 25.3 Å². The Balaban J connectivity index is 1.67. The molecule has 1 heterocycles. The van der Waals surface area contributed by atoms with E-state index in [1.807, 2.05) is 19.2 Å². The molecule has 0 unspecified atom stereocenters. The lowest BCUT2D eigenvalue weighted by molar-refractivity contribution is -0.116. The minimum atomic E-state index is -0.136. The Morgan fingerprint density at radius 3 is 2.76 bits per heavy atom. The smallest absolute Gasteiger partial charge is 0.224 e. The summed E-state index contributed by atoms with van der Waals surface area (Å²) in [6.45, 7) is -0.136. The van der Waals surface area contributed by atoms with Crippen LogP contribution in [0.1, 0.15) is 17.5 Å². The topological polar surface area (TPSA) is 63.5 Å². The zero-order valence-electron chi connectivity index (χ0n) is 14.5. The van der Waals surface area contributed by atoms with E-state index in [2.05, 4.69) is 28.2 Å². The molecule has 5 heteroatoms. The van der Waals surface area contributed by atoms with Gasteiger partial charge in [-0.1, -0.05) is 18.2 Å². The van der Waals surface area contributed by atoms with Gasteiger partial charge in [-0.25, -0.2) is 0 Å². The summed E-state index contributed by atoms with van der Waals surface area (Å²) in [4.78, 5) is 12.3. The molecule has 0 fully saturated rings. The van der Waals surface area contributed by atoms with Crippen molar-refractivity contribution in [2.75, 3.05) is 12.4 Å². The Kier molecular flexibility index (Phi) is 5.05. The highest BCUT2D eigenvalue weighted by molar-refractivity contribution is 5.91. The summed E-state index contributed by atoms with van der Waals surface area (Å²) in [6, 6.07) is 13.4. The highest BCUT2D eigenvalue weighted by atomic mass is 16.5. The summed E-state index contributed by atoms with van der Waals surface area (Å²) in [5.41, 5.74) is 3.64. The monoisotopic (exact) mass is 338 g/mol. The fraction of sp³-hybridized carbons (Fsp3) is 0.250. The number of rotatable bonds is 6. The van der Waals surface area contributed by atoms with E-state index < -0.39 is 0 Å². The molecule has 0 saturated carbocycles. The van der Waals surface area contributed by atoms with Crippen LogP contribution in [0.15, 0.2) is 48.7 Å². The van der Waals surface area contributed by atoms with Crippen molar-refractivity contribution in [1.29, 1.82) is 0 Å². The van der Waals surface area contributed by atoms with Crippen molar-refractivity contribution in [2.45, 2.75) is 19.4 Å². The van der Waals surface area contributed by atoms with E-state index in [4.69, 9.17) is 4.74 Å². The van der Waals surface area contributed by atoms with Crippen molar-refractivity contribution in [3.05, 3.63) is 59.8 Å². The standard InChI is InChI=1S/C20H22N2O3/c1-22-12-14(17-5-3-4-6-18(17)22)7-10-20(24)21-16-8-9-19(25-2)15(11-16)13-23/h3-6,8-9,11-12,23H,7,10,13H2,1-2H3,(H,21,24). The lowest BCUT2D eigenvalue weighted by Crippen LogP contribution is -2.12. The molecule has 2 N–H and O–H groups in total. The minimum Gasteiger partial charge on any atom is -0.496 e. The first kappa shape index (κ1) is 17.0.